The van der Waals surface area contributed by atoms with Crippen molar-refractivity contribution in [3.63, 3.8) is 0 Å². The molecule has 2 atom stereocenters. The summed E-state index contributed by atoms with van der Waals surface area (Å²) >= 11 is 0. The molecule has 10 heteroatoms. The van der Waals surface area contributed by atoms with E-state index in [-0.39, 0.29) is 6.79 Å². The quantitative estimate of drug-likeness (QED) is 0.558. The van der Waals surface area contributed by atoms with Crippen LogP contribution in [0.1, 0.15) is 17.4 Å². The van der Waals surface area contributed by atoms with Crippen molar-refractivity contribution in [1.82, 2.24) is 15.1 Å². The van der Waals surface area contributed by atoms with Gasteiger partial charge in [-0.05, 0) is 29.8 Å². The molecule has 0 unspecified atom stereocenters. The van der Waals surface area contributed by atoms with Gasteiger partial charge in [0.25, 0.3) is 0 Å². The van der Waals surface area contributed by atoms with E-state index in [2.05, 4.69) is 15.2 Å². The van der Waals surface area contributed by atoms with E-state index in [9.17, 15) is 9.59 Å². The zero-order chi connectivity index (χ0) is 22.1. The zero-order valence-corrected chi connectivity index (χ0v) is 17.7. The number of piperazine rings is 1. The number of carbonyl (C=O) groups excluding carboxylic acids is 2. The van der Waals surface area contributed by atoms with Gasteiger partial charge in [0.2, 0.25) is 18.7 Å². The summed E-state index contributed by atoms with van der Waals surface area (Å²) in [6, 6.07) is 8.66. The van der Waals surface area contributed by atoms with Crippen molar-refractivity contribution in [3.8, 4) is 11.5 Å². The number of esters is 1. The number of amides is 1. The van der Waals surface area contributed by atoms with Gasteiger partial charge in [0.1, 0.15) is 11.8 Å². The molecule has 0 radical (unpaired) electrons. The predicted molar refractivity (Wildman–Crippen MR) is 112 cm³/mol. The molecule has 4 heterocycles. The monoisotopic (exact) mass is 440 g/mol. The number of methoxy groups -OCH3 is 1. The largest absolute Gasteiger partial charge is 0.468 e. The van der Waals surface area contributed by atoms with E-state index in [0.29, 0.717) is 24.8 Å². The highest BCUT2D eigenvalue weighted by Gasteiger charge is 2.43. The first-order valence-electron chi connectivity index (χ1n) is 10.5. The summed E-state index contributed by atoms with van der Waals surface area (Å²) in [5, 5.41) is 2.78. The Balaban J connectivity index is 1.26. The first-order valence-corrected chi connectivity index (χ1v) is 10.5. The minimum absolute atomic E-state index is 0.265. The molecule has 0 aliphatic carbocycles. The van der Waals surface area contributed by atoms with E-state index < -0.39 is 23.8 Å². The van der Waals surface area contributed by atoms with Gasteiger partial charge in [-0.3, -0.25) is 19.8 Å². The van der Waals surface area contributed by atoms with Gasteiger partial charge in [-0.2, -0.15) is 0 Å². The van der Waals surface area contributed by atoms with Gasteiger partial charge in [-0.25, -0.2) is 4.99 Å². The molecule has 0 bridgehead atoms. The van der Waals surface area contributed by atoms with Gasteiger partial charge in [0.05, 0.1) is 13.4 Å². The summed E-state index contributed by atoms with van der Waals surface area (Å²) in [5.74, 6) is 0.312. The van der Waals surface area contributed by atoms with Gasteiger partial charge >= 0.3 is 5.97 Å². The maximum absolute atomic E-state index is 12.8. The number of aliphatic imine (C=N–C) groups is 1. The van der Waals surface area contributed by atoms with Crippen molar-refractivity contribution in [2.45, 2.75) is 12.6 Å². The Morgan fingerprint density at radius 3 is 2.75 bits per heavy atom. The molecule has 168 valence electrons. The van der Waals surface area contributed by atoms with Crippen LogP contribution in [0.25, 0.3) is 0 Å². The summed E-state index contributed by atoms with van der Waals surface area (Å²) in [5.41, 5.74) is 1.16. The van der Waals surface area contributed by atoms with E-state index in [1.165, 1.54) is 13.4 Å². The second-order valence-corrected chi connectivity index (χ2v) is 7.85. The third kappa shape index (κ3) is 3.89. The van der Waals surface area contributed by atoms with Crippen LogP contribution >= 0.6 is 0 Å². The average Bonchev–Trinajstić information content (AvgIpc) is 3.50. The molecule has 0 saturated carbocycles. The average molecular weight is 440 g/mol. The lowest BCUT2D eigenvalue weighted by Gasteiger charge is -2.38. The molecule has 10 nitrogen and oxygen atoms in total. The predicted octanol–water partition coefficient (Wildman–Crippen LogP) is 1.14. The van der Waals surface area contributed by atoms with Crippen molar-refractivity contribution in [1.29, 1.82) is 0 Å². The molecule has 1 fully saturated rings. The Hall–Kier alpha value is -3.53. The van der Waals surface area contributed by atoms with Gasteiger partial charge < -0.3 is 23.5 Å². The van der Waals surface area contributed by atoms with E-state index in [1.54, 1.807) is 12.1 Å². The Bertz CT molecular complexity index is 1030. The lowest BCUT2D eigenvalue weighted by atomic mass is 9.95. The molecular weight excluding hydrogens is 416 g/mol. The molecule has 32 heavy (non-hydrogen) atoms. The Morgan fingerprint density at radius 2 is 2.00 bits per heavy atom. The van der Waals surface area contributed by atoms with Crippen molar-refractivity contribution in [2.24, 2.45) is 10.9 Å². The van der Waals surface area contributed by atoms with Gasteiger partial charge in [0, 0.05) is 32.7 Å². The molecule has 5 rings (SSSR count). The molecule has 3 aliphatic rings. The summed E-state index contributed by atoms with van der Waals surface area (Å²) in [6.45, 7) is 4.04. The fraction of sp³-hybridized carbons (Fsp3) is 0.409. The van der Waals surface area contributed by atoms with Crippen LogP contribution in [0.2, 0.25) is 0 Å². The van der Waals surface area contributed by atoms with Gasteiger partial charge in [0.15, 0.2) is 17.4 Å². The van der Waals surface area contributed by atoms with Gasteiger partial charge in [-0.1, -0.05) is 6.07 Å². The number of nitrogens with zero attached hydrogens (tertiary/aromatic N) is 3. The number of fused-ring (bicyclic) bond motifs is 1. The minimum Gasteiger partial charge on any atom is -0.468 e. The van der Waals surface area contributed by atoms with Crippen molar-refractivity contribution >= 4 is 17.8 Å². The fourth-order valence-corrected chi connectivity index (χ4v) is 4.20. The van der Waals surface area contributed by atoms with E-state index >= 15 is 0 Å². The van der Waals surface area contributed by atoms with E-state index in [1.807, 2.05) is 23.1 Å². The van der Waals surface area contributed by atoms with Crippen LogP contribution in [0.3, 0.4) is 0 Å². The van der Waals surface area contributed by atoms with Crippen molar-refractivity contribution in [2.75, 3.05) is 40.1 Å². The molecule has 0 spiro atoms. The molecular formula is C22H24N4O6. The summed E-state index contributed by atoms with van der Waals surface area (Å²) in [4.78, 5) is 34.0. The van der Waals surface area contributed by atoms with Crippen LogP contribution < -0.4 is 14.8 Å². The Morgan fingerprint density at radius 1 is 1.19 bits per heavy atom. The summed E-state index contributed by atoms with van der Waals surface area (Å²) < 4.78 is 21.1. The molecule has 1 aromatic heterocycles. The number of furan rings is 1. The summed E-state index contributed by atoms with van der Waals surface area (Å²) in [6.07, 6.45) is 1.50. The highest BCUT2D eigenvalue weighted by Crippen LogP contribution is 2.33. The number of hydrogen-bond acceptors (Lipinski definition) is 9. The normalized spacial score (nSPS) is 23.0. The standard InChI is InChI=1S/C22H24N4O6/c1-29-21(28)18-19(16-3-2-10-30-16)23-22(24-20(18)27)26-8-6-25(7-9-26)12-14-4-5-15-17(11-14)32-13-31-15/h2-5,10-11,18-19H,6-9,12-13H2,1H3,(H,23,24,27)/t18-,19-/m1/s1. The zero-order valence-electron chi connectivity index (χ0n) is 17.7. The van der Waals surface area contributed by atoms with Crippen LogP contribution in [0.4, 0.5) is 0 Å². The number of guanidine groups is 1. The van der Waals surface area contributed by atoms with Crippen LogP contribution in [0.15, 0.2) is 46.0 Å². The Labute approximate surface area is 184 Å². The lowest BCUT2D eigenvalue weighted by Crippen LogP contribution is -2.57. The first-order chi connectivity index (χ1) is 15.6. The highest BCUT2D eigenvalue weighted by molar-refractivity contribution is 6.08. The minimum atomic E-state index is -1.08. The molecule has 1 N–H and O–H groups in total. The fourth-order valence-electron chi connectivity index (χ4n) is 4.20. The molecule has 3 aliphatic heterocycles. The van der Waals surface area contributed by atoms with Crippen molar-refractivity contribution in [3.05, 3.63) is 47.9 Å². The topological polar surface area (TPSA) is 106 Å². The van der Waals surface area contributed by atoms with Crippen molar-refractivity contribution < 1.29 is 28.2 Å². The number of benzene rings is 1. The van der Waals surface area contributed by atoms with Crippen LogP contribution in [-0.2, 0) is 20.9 Å². The van der Waals surface area contributed by atoms with Crippen LogP contribution in [0, 0.1) is 5.92 Å². The number of rotatable bonds is 4. The first kappa shape index (κ1) is 20.4. The maximum atomic E-state index is 12.8. The number of carbonyl (C=O) groups is 2. The van der Waals surface area contributed by atoms with Crippen LogP contribution in [0.5, 0.6) is 11.5 Å². The smallest absolute Gasteiger partial charge is 0.320 e. The third-order valence-electron chi connectivity index (χ3n) is 5.90. The highest BCUT2D eigenvalue weighted by atomic mass is 16.7. The number of hydrogen-bond donors (Lipinski definition) is 1. The SMILES string of the molecule is COC(=O)[C@H]1C(=O)NC(N2CCN(Cc3ccc4c(c3)OCO4)CC2)=N[C@@H]1c1ccco1. The maximum Gasteiger partial charge on any atom is 0.320 e. The molecule has 1 aromatic carbocycles. The molecule has 1 saturated heterocycles. The second kappa shape index (κ2) is 8.54. The van der Waals surface area contributed by atoms with E-state index in [4.69, 9.17) is 18.6 Å². The number of nitrogens with one attached hydrogen (secondary N) is 1. The summed E-state index contributed by atoms with van der Waals surface area (Å²) in [7, 11) is 1.26. The van der Waals surface area contributed by atoms with Gasteiger partial charge in [-0.15, -0.1) is 0 Å². The molecule has 1 amide bonds. The van der Waals surface area contributed by atoms with Crippen LogP contribution in [-0.4, -0.2) is 67.7 Å². The lowest BCUT2D eigenvalue weighted by molar-refractivity contribution is -0.151. The number of ether oxygens (including phenoxy) is 3. The second-order valence-electron chi connectivity index (χ2n) is 7.85. The Kier molecular flexibility index (Phi) is 5.44. The third-order valence-corrected chi connectivity index (χ3v) is 5.90. The van der Waals surface area contributed by atoms with E-state index in [0.717, 1.165) is 36.7 Å². The molecule has 2 aromatic rings.